The first-order chi connectivity index (χ1) is 7.16. The summed E-state index contributed by atoms with van der Waals surface area (Å²) < 4.78 is 5.02. The molecule has 0 aromatic rings. The van der Waals surface area contributed by atoms with Gasteiger partial charge in [0.25, 0.3) is 0 Å². The molecule has 0 radical (unpaired) electrons. The van der Waals surface area contributed by atoms with E-state index in [9.17, 15) is 9.59 Å². The second-order valence-electron chi connectivity index (χ2n) is 3.15. The fraction of sp³-hybridized carbons (Fsp3) is 0.800. The number of rotatable bonds is 9. The van der Waals surface area contributed by atoms with Crippen molar-refractivity contribution >= 4 is 11.9 Å². The summed E-state index contributed by atoms with van der Waals surface area (Å²) >= 11 is 0. The minimum atomic E-state index is -0.794. The van der Waals surface area contributed by atoms with Crippen molar-refractivity contribution in [2.45, 2.75) is 32.6 Å². The summed E-state index contributed by atoms with van der Waals surface area (Å²) in [5.41, 5.74) is 0. The van der Waals surface area contributed by atoms with Gasteiger partial charge in [0.1, 0.15) is 0 Å². The van der Waals surface area contributed by atoms with Crippen LogP contribution in [0.3, 0.4) is 0 Å². The lowest BCUT2D eigenvalue weighted by molar-refractivity contribution is -0.137. The molecule has 0 fully saturated rings. The lowest BCUT2D eigenvalue weighted by Crippen LogP contribution is -2.25. The molecule has 0 aliphatic carbocycles. The highest BCUT2D eigenvalue weighted by Gasteiger charge is 2.00. The molecule has 0 saturated heterocycles. The summed E-state index contributed by atoms with van der Waals surface area (Å²) in [4.78, 5) is 21.3. The number of carbonyl (C=O) groups is 2. The highest BCUT2D eigenvalue weighted by atomic mass is 16.5. The van der Waals surface area contributed by atoms with Crippen molar-refractivity contribution in [1.29, 1.82) is 0 Å². The van der Waals surface area contributed by atoms with Gasteiger partial charge in [-0.2, -0.15) is 0 Å². The van der Waals surface area contributed by atoms with Gasteiger partial charge in [0, 0.05) is 26.0 Å². The summed E-state index contributed by atoms with van der Waals surface area (Å²) in [7, 11) is 0. The zero-order valence-electron chi connectivity index (χ0n) is 9.12. The van der Waals surface area contributed by atoms with Gasteiger partial charge in [-0.1, -0.05) is 0 Å². The summed E-state index contributed by atoms with van der Waals surface area (Å²) in [5.74, 6) is -0.837. The zero-order chi connectivity index (χ0) is 11.5. The number of nitrogens with one attached hydrogen (secondary N) is 1. The van der Waals surface area contributed by atoms with Crippen LogP contribution in [0.4, 0.5) is 0 Å². The predicted octanol–water partition coefficient (Wildman–Crippen LogP) is 0.784. The van der Waals surface area contributed by atoms with Crippen LogP contribution in [0.25, 0.3) is 0 Å². The Labute approximate surface area is 89.8 Å². The Morgan fingerprint density at radius 3 is 2.60 bits per heavy atom. The van der Waals surface area contributed by atoms with Crippen LogP contribution in [-0.4, -0.2) is 36.7 Å². The number of amides is 1. The normalized spacial score (nSPS) is 9.93. The van der Waals surface area contributed by atoms with Crippen LogP contribution >= 0.6 is 0 Å². The van der Waals surface area contributed by atoms with E-state index in [4.69, 9.17) is 9.84 Å². The van der Waals surface area contributed by atoms with E-state index >= 15 is 0 Å². The predicted molar refractivity (Wildman–Crippen MR) is 55.6 cm³/mol. The fourth-order valence-electron chi connectivity index (χ4n) is 1.03. The van der Waals surface area contributed by atoms with Gasteiger partial charge in [0.05, 0.1) is 6.61 Å². The lowest BCUT2D eigenvalue weighted by Gasteiger charge is -2.04. The van der Waals surface area contributed by atoms with Crippen molar-refractivity contribution < 1.29 is 19.4 Å². The van der Waals surface area contributed by atoms with E-state index in [0.717, 1.165) is 0 Å². The van der Waals surface area contributed by atoms with E-state index in [1.165, 1.54) is 0 Å². The SMILES string of the molecule is CCOCCC(=O)NCCCCC(=O)O. The number of ether oxygens (including phenoxy) is 1. The Kier molecular flexibility index (Phi) is 8.76. The molecule has 1 amide bonds. The summed E-state index contributed by atoms with van der Waals surface area (Å²) in [6, 6.07) is 0. The van der Waals surface area contributed by atoms with E-state index in [1.54, 1.807) is 0 Å². The maximum atomic E-state index is 11.1. The van der Waals surface area contributed by atoms with Crippen LogP contribution in [0, 0.1) is 0 Å². The number of carbonyl (C=O) groups excluding carboxylic acids is 1. The molecule has 0 heterocycles. The van der Waals surface area contributed by atoms with Crippen molar-refractivity contribution in [2.24, 2.45) is 0 Å². The minimum absolute atomic E-state index is 0.0428. The van der Waals surface area contributed by atoms with Gasteiger partial charge in [0.2, 0.25) is 5.91 Å². The van der Waals surface area contributed by atoms with E-state index < -0.39 is 5.97 Å². The molecule has 2 N–H and O–H groups in total. The van der Waals surface area contributed by atoms with Crippen LogP contribution in [0.5, 0.6) is 0 Å². The molecule has 15 heavy (non-hydrogen) atoms. The lowest BCUT2D eigenvalue weighted by atomic mass is 10.2. The molecule has 0 spiro atoms. The van der Waals surface area contributed by atoms with Crippen molar-refractivity contribution in [3.8, 4) is 0 Å². The molecule has 0 aliphatic heterocycles. The molecule has 0 rings (SSSR count). The molecule has 88 valence electrons. The molecule has 0 aliphatic rings. The molecule has 5 nitrogen and oxygen atoms in total. The first-order valence-corrected chi connectivity index (χ1v) is 5.23. The quantitative estimate of drug-likeness (QED) is 0.560. The third-order valence-electron chi connectivity index (χ3n) is 1.82. The van der Waals surface area contributed by atoms with Crippen molar-refractivity contribution in [3.63, 3.8) is 0 Å². The second kappa shape index (κ2) is 9.45. The number of hydrogen-bond donors (Lipinski definition) is 2. The van der Waals surface area contributed by atoms with E-state index in [-0.39, 0.29) is 12.3 Å². The minimum Gasteiger partial charge on any atom is -0.481 e. The Bertz CT molecular complexity index is 194. The zero-order valence-corrected chi connectivity index (χ0v) is 9.12. The molecule has 0 aromatic heterocycles. The summed E-state index contributed by atoms with van der Waals surface area (Å²) in [6.07, 6.45) is 1.83. The number of unbranched alkanes of at least 4 members (excludes halogenated alkanes) is 1. The molecule has 0 bridgehead atoms. The number of hydrogen-bond acceptors (Lipinski definition) is 3. The second-order valence-corrected chi connectivity index (χ2v) is 3.15. The molecule has 5 heteroatoms. The molecule has 0 aromatic carbocycles. The van der Waals surface area contributed by atoms with E-state index in [2.05, 4.69) is 5.32 Å². The van der Waals surface area contributed by atoms with Gasteiger partial charge in [-0.15, -0.1) is 0 Å². The van der Waals surface area contributed by atoms with E-state index in [1.807, 2.05) is 6.92 Å². The van der Waals surface area contributed by atoms with Crippen LogP contribution in [0.15, 0.2) is 0 Å². The maximum absolute atomic E-state index is 11.1. The molecule has 0 saturated carbocycles. The van der Waals surface area contributed by atoms with Crippen molar-refractivity contribution in [2.75, 3.05) is 19.8 Å². The standard InChI is InChI=1S/C10H19NO4/c1-2-15-8-6-9(12)11-7-4-3-5-10(13)14/h2-8H2,1H3,(H,11,12)(H,13,14). The van der Waals surface area contributed by atoms with Crippen molar-refractivity contribution in [3.05, 3.63) is 0 Å². The third kappa shape index (κ3) is 10.8. The van der Waals surface area contributed by atoms with Crippen LogP contribution in [0.1, 0.15) is 32.6 Å². The van der Waals surface area contributed by atoms with Gasteiger partial charge < -0.3 is 15.2 Å². The highest BCUT2D eigenvalue weighted by Crippen LogP contribution is 1.93. The van der Waals surface area contributed by atoms with Gasteiger partial charge in [0.15, 0.2) is 0 Å². The van der Waals surface area contributed by atoms with Gasteiger partial charge in [-0.3, -0.25) is 9.59 Å². The van der Waals surface area contributed by atoms with Gasteiger partial charge >= 0.3 is 5.97 Å². The topological polar surface area (TPSA) is 75.6 Å². The van der Waals surface area contributed by atoms with Crippen molar-refractivity contribution in [1.82, 2.24) is 5.32 Å². The largest absolute Gasteiger partial charge is 0.481 e. The number of carboxylic acids is 1. The maximum Gasteiger partial charge on any atom is 0.303 e. The number of carboxylic acid groups (broad SMARTS) is 1. The molecular formula is C10H19NO4. The average Bonchev–Trinajstić information content (AvgIpc) is 2.17. The molecule has 0 unspecified atom stereocenters. The number of aliphatic carboxylic acids is 1. The molecular weight excluding hydrogens is 198 g/mol. The average molecular weight is 217 g/mol. The third-order valence-corrected chi connectivity index (χ3v) is 1.82. The Morgan fingerprint density at radius 2 is 2.00 bits per heavy atom. The first-order valence-electron chi connectivity index (χ1n) is 5.23. The Balaban J connectivity index is 3.20. The highest BCUT2D eigenvalue weighted by molar-refractivity contribution is 5.75. The Hall–Kier alpha value is -1.10. The van der Waals surface area contributed by atoms with Gasteiger partial charge in [-0.05, 0) is 19.8 Å². The van der Waals surface area contributed by atoms with E-state index in [0.29, 0.717) is 39.0 Å². The molecule has 0 atom stereocenters. The van der Waals surface area contributed by atoms with Crippen LogP contribution in [-0.2, 0) is 14.3 Å². The summed E-state index contributed by atoms with van der Waals surface area (Å²) in [5, 5.41) is 11.1. The smallest absolute Gasteiger partial charge is 0.303 e. The summed E-state index contributed by atoms with van der Waals surface area (Å²) in [6.45, 7) is 3.48. The monoisotopic (exact) mass is 217 g/mol. The van der Waals surface area contributed by atoms with Crippen LogP contribution < -0.4 is 5.32 Å². The fourth-order valence-corrected chi connectivity index (χ4v) is 1.03. The van der Waals surface area contributed by atoms with Gasteiger partial charge in [-0.25, -0.2) is 0 Å². The first kappa shape index (κ1) is 13.9. The Morgan fingerprint density at radius 1 is 1.27 bits per heavy atom. The van der Waals surface area contributed by atoms with Crippen LogP contribution in [0.2, 0.25) is 0 Å².